The second-order valence-electron chi connectivity index (χ2n) is 7.80. The van der Waals surface area contributed by atoms with Crippen LogP contribution in [0.5, 0.6) is 0 Å². The first-order valence-electron chi connectivity index (χ1n) is 10.1. The molecule has 0 aromatic heterocycles. The molecule has 0 atom stereocenters. The number of hydrogen-bond donors (Lipinski definition) is 2. The molecule has 29 heavy (non-hydrogen) atoms. The predicted octanol–water partition coefficient (Wildman–Crippen LogP) is 3.80. The number of anilines is 2. The molecule has 0 aliphatic carbocycles. The second kappa shape index (κ2) is 8.99. The molecule has 0 radical (unpaired) electrons. The highest BCUT2D eigenvalue weighted by atomic mass is 16.2. The number of nitrogens with zero attached hydrogens (tertiary/aromatic N) is 2. The molecule has 1 heterocycles. The van der Waals surface area contributed by atoms with Crippen LogP contribution in [0.1, 0.15) is 35.3 Å². The Balaban J connectivity index is 1.68. The molecule has 0 saturated carbocycles. The van der Waals surface area contributed by atoms with E-state index in [9.17, 15) is 9.59 Å². The fourth-order valence-electron chi connectivity index (χ4n) is 3.60. The van der Waals surface area contributed by atoms with Gasteiger partial charge in [-0.2, -0.15) is 0 Å². The Kier molecular flexibility index (Phi) is 6.42. The molecule has 6 nitrogen and oxygen atoms in total. The monoisotopic (exact) mass is 394 g/mol. The number of rotatable bonds is 4. The summed E-state index contributed by atoms with van der Waals surface area (Å²) < 4.78 is 0. The number of para-hydroxylation sites is 1. The second-order valence-corrected chi connectivity index (χ2v) is 7.80. The fraction of sp³-hybridized carbons (Fsp3) is 0.391. The topological polar surface area (TPSA) is 64.7 Å². The molecule has 154 valence electrons. The molecule has 3 amide bonds. The van der Waals surface area contributed by atoms with E-state index in [1.165, 1.54) is 16.8 Å². The Morgan fingerprint density at radius 3 is 2.31 bits per heavy atom. The van der Waals surface area contributed by atoms with Crippen molar-refractivity contribution in [3.8, 4) is 0 Å². The third kappa shape index (κ3) is 4.88. The lowest BCUT2D eigenvalue weighted by atomic mass is 10.1. The van der Waals surface area contributed by atoms with Gasteiger partial charge >= 0.3 is 6.03 Å². The normalized spacial score (nSPS) is 14.1. The van der Waals surface area contributed by atoms with E-state index in [1.54, 1.807) is 12.1 Å². The van der Waals surface area contributed by atoms with Crippen molar-refractivity contribution in [2.45, 2.75) is 33.7 Å². The molecule has 0 unspecified atom stereocenters. The minimum Gasteiger partial charge on any atom is -0.368 e. The quantitative estimate of drug-likeness (QED) is 0.829. The maximum Gasteiger partial charge on any atom is 0.319 e. The first-order valence-corrected chi connectivity index (χ1v) is 10.1. The van der Waals surface area contributed by atoms with Crippen molar-refractivity contribution in [2.24, 2.45) is 0 Å². The zero-order valence-corrected chi connectivity index (χ0v) is 17.7. The molecule has 6 heteroatoms. The Labute approximate surface area is 172 Å². The van der Waals surface area contributed by atoms with Crippen molar-refractivity contribution in [1.29, 1.82) is 0 Å². The summed E-state index contributed by atoms with van der Waals surface area (Å²) in [5.74, 6) is -0.0499. The van der Waals surface area contributed by atoms with Gasteiger partial charge in [-0.1, -0.05) is 24.3 Å². The predicted molar refractivity (Wildman–Crippen MR) is 118 cm³/mol. The highest BCUT2D eigenvalue weighted by Gasteiger charge is 2.25. The lowest BCUT2D eigenvalue weighted by molar-refractivity contribution is 0.0748. The number of aryl methyl sites for hydroxylation is 1. The molecular formula is C23H30N4O2. The van der Waals surface area contributed by atoms with Crippen LogP contribution in [0.25, 0.3) is 0 Å². The molecule has 2 N–H and O–H groups in total. The summed E-state index contributed by atoms with van der Waals surface area (Å²) in [7, 11) is 0. The average Bonchev–Trinajstić information content (AvgIpc) is 2.69. The van der Waals surface area contributed by atoms with Gasteiger partial charge in [0.25, 0.3) is 5.91 Å². The van der Waals surface area contributed by atoms with E-state index < -0.39 is 0 Å². The largest absolute Gasteiger partial charge is 0.368 e. The summed E-state index contributed by atoms with van der Waals surface area (Å²) in [4.78, 5) is 29.4. The summed E-state index contributed by atoms with van der Waals surface area (Å²) in [5, 5.41) is 5.59. The van der Waals surface area contributed by atoms with Gasteiger partial charge in [0.1, 0.15) is 0 Å². The lowest BCUT2D eigenvalue weighted by Gasteiger charge is -2.37. The molecule has 0 spiro atoms. The Morgan fingerprint density at radius 2 is 1.62 bits per heavy atom. The number of urea groups is 1. The molecule has 0 bridgehead atoms. The molecule has 1 aliphatic rings. The summed E-state index contributed by atoms with van der Waals surface area (Å²) in [5.41, 5.74) is 4.86. The number of carbonyl (C=O) groups is 2. The van der Waals surface area contributed by atoms with Crippen LogP contribution < -0.4 is 15.5 Å². The first kappa shape index (κ1) is 20.7. The minimum atomic E-state index is -0.306. The maximum atomic E-state index is 13.1. The van der Waals surface area contributed by atoms with E-state index in [0.717, 1.165) is 13.1 Å². The first-order chi connectivity index (χ1) is 13.9. The number of hydrogen-bond acceptors (Lipinski definition) is 3. The molecule has 1 aliphatic heterocycles. The van der Waals surface area contributed by atoms with Crippen molar-refractivity contribution in [3.05, 3.63) is 59.2 Å². The minimum absolute atomic E-state index is 0.0241. The zero-order chi connectivity index (χ0) is 21.0. The van der Waals surface area contributed by atoms with Crippen LogP contribution in [-0.4, -0.2) is 49.1 Å². The van der Waals surface area contributed by atoms with Crippen LogP contribution in [0, 0.1) is 13.8 Å². The number of nitrogens with one attached hydrogen (secondary N) is 2. The summed E-state index contributed by atoms with van der Waals surface area (Å²) in [6.45, 7) is 10.9. The van der Waals surface area contributed by atoms with Crippen LogP contribution in [0.2, 0.25) is 0 Å². The number of benzene rings is 2. The SMILES string of the molecule is Cc1cccc(N2CCN(C(=O)c3ccccc3NC(=O)NC(C)C)CC2)c1C. The molecule has 2 aromatic carbocycles. The standard InChI is InChI=1S/C23H30N4O2/c1-16(2)24-23(29)25-20-10-6-5-9-19(20)22(28)27-14-12-26(13-15-27)21-11-7-8-17(3)18(21)4/h5-11,16H,12-15H2,1-4H3,(H2,24,25,29). The van der Waals surface area contributed by atoms with Crippen LogP contribution in [0.15, 0.2) is 42.5 Å². The van der Waals surface area contributed by atoms with Crippen LogP contribution in [0.4, 0.5) is 16.2 Å². The van der Waals surface area contributed by atoms with Crippen LogP contribution in [-0.2, 0) is 0 Å². The zero-order valence-electron chi connectivity index (χ0n) is 17.7. The van der Waals surface area contributed by atoms with E-state index in [2.05, 4.69) is 47.6 Å². The van der Waals surface area contributed by atoms with Crippen LogP contribution >= 0.6 is 0 Å². The van der Waals surface area contributed by atoms with E-state index in [0.29, 0.717) is 24.3 Å². The van der Waals surface area contributed by atoms with Crippen LogP contribution in [0.3, 0.4) is 0 Å². The Hall–Kier alpha value is -3.02. The number of piperazine rings is 1. The van der Waals surface area contributed by atoms with E-state index in [1.807, 2.05) is 30.9 Å². The molecule has 1 fully saturated rings. The number of carbonyl (C=O) groups excluding carboxylic acids is 2. The van der Waals surface area contributed by atoms with Crippen molar-refractivity contribution in [1.82, 2.24) is 10.2 Å². The average molecular weight is 395 g/mol. The van der Waals surface area contributed by atoms with E-state index in [4.69, 9.17) is 0 Å². The smallest absolute Gasteiger partial charge is 0.319 e. The Bertz CT molecular complexity index is 886. The molecule has 3 rings (SSSR count). The van der Waals surface area contributed by atoms with E-state index >= 15 is 0 Å². The van der Waals surface area contributed by atoms with Crippen molar-refractivity contribution >= 4 is 23.3 Å². The highest BCUT2D eigenvalue weighted by Crippen LogP contribution is 2.25. The van der Waals surface area contributed by atoms with Gasteiger partial charge in [0.05, 0.1) is 11.3 Å². The van der Waals surface area contributed by atoms with Gasteiger partial charge < -0.3 is 20.4 Å². The van der Waals surface area contributed by atoms with Crippen molar-refractivity contribution in [2.75, 3.05) is 36.4 Å². The Morgan fingerprint density at radius 1 is 0.931 bits per heavy atom. The maximum absolute atomic E-state index is 13.1. The number of amides is 3. The third-order valence-corrected chi connectivity index (χ3v) is 5.31. The van der Waals surface area contributed by atoms with Gasteiger partial charge in [0.2, 0.25) is 0 Å². The van der Waals surface area contributed by atoms with Gasteiger partial charge in [-0.3, -0.25) is 4.79 Å². The van der Waals surface area contributed by atoms with Gasteiger partial charge in [-0.15, -0.1) is 0 Å². The summed E-state index contributed by atoms with van der Waals surface area (Å²) >= 11 is 0. The summed E-state index contributed by atoms with van der Waals surface area (Å²) in [6.07, 6.45) is 0. The van der Waals surface area contributed by atoms with Gasteiger partial charge in [-0.25, -0.2) is 4.79 Å². The lowest BCUT2D eigenvalue weighted by Crippen LogP contribution is -2.49. The van der Waals surface area contributed by atoms with Crippen molar-refractivity contribution in [3.63, 3.8) is 0 Å². The van der Waals surface area contributed by atoms with Crippen molar-refractivity contribution < 1.29 is 9.59 Å². The summed E-state index contributed by atoms with van der Waals surface area (Å²) in [6, 6.07) is 13.2. The van der Waals surface area contributed by atoms with Gasteiger partial charge in [-0.05, 0) is 57.0 Å². The molecular weight excluding hydrogens is 364 g/mol. The highest BCUT2D eigenvalue weighted by molar-refractivity contribution is 6.03. The fourth-order valence-corrected chi connectivity index (χ4v) is 3.60. The van der Waals surface area contributed by atoms with Gasteiger partial charge in [0.15, 0.2) is 0 Å². The molecule has 1 saturated heterocycles. The van der Waals surface area contributed by atoms with Gasteiger partial charge in [0, 0.05) is 37.9 Å². The molecule has 2 aromatic rings. The van der Waals surface area contributed by atoms with E-state index in [-0.39, 0.29) is 18.0 Å². The third-order valence-electron chi connectivity index (χ3n) is 5.31.